The number of rotatable bonds is 6. The van der Waals surface area contributed by atoms with E-state index in [0.29, 0.717) is 12.3 Å². The molecule has 4 heteroatoms. The number of nitrogens with one attached hydrogen (secondary N) is 1. The van der Waals surface area contributed by atoms with E-state index in [1.165, 1.54) is 20.0 Å². The molecule has 2 rings (SSSR count). The van der Waals surface area contributed by atoms with Gasteiger partial charge in [-0.1, -0.05) is 19.1 Å². The highest BCUT2D eigenvalue weighted by atomic mass is 16.5. The van der Waals surface area contributed by atoms with Crippen LogP contribution in [0.2, 0.25) is 0 Å². The predicted molar refractivity (Wildman–Crippen MR) is 72.8 cm³/mol. The van der Waals surface area contributed by atoms with Crippen LogP contribution in [0.3, 0.4) is 0 Å². The second-order valence-corrected chi connectivity index (χ2v) is 5.12. The monoisotopic (exact) mass is 263 g/mol. The summed E-state index contributed by atoms with van der Waals surface area (Å²) in [5.41, 5.74) is 0.0192. The van der Waals surface area contributed by atoms with E-state index in [0.717, 1.165) is 12.1 Å². The number of benzene rings is 1. The van der Waals surface area contributed by atoms with Crippen LogP contribution in [0.25, 0.3) is 0 Å². The number of ether oxygens (including phenoxy) is 1. The molecular formula is C15H21NO3. The minimum Gasteiger partial charge on any atom is -0.508 e. The van der Waals surface area contributed by atoms with Crippen molar-refractivity contribution in [2.24, 2.45) is 5.92 Å². The Balaban J connectivity index is 2.29. The molecule has 1 saturated carbocycles. The topological polar surface area (TPSA) is 58.6 Å². The van der Waals surface area contributed by atoms with E-state index in [-0.39, 0.29) is 11.7 Å². The molecule has 0 aliphatic heterocycles. The van der Waals surface area contributed by atoms with Gasteiger partial charge in [-0.15, -0.1) is 0 Å². The summed E-state index contributed by atoms with van der Waals surface area (Å²) in [4.78, 5) is 12.2. The molecule has 0 spiro atoms. The van der Waals surface area contributed by atoms with Gasteiger partial charge >= 0.3 is 5.97 Å². The molecule has 1 aromatic carbocycles. The molecule has 0 bridgehead atoms. The fourth-order valence-corrected chi connectivity index (χ4v) is 2.33. The molecule has 1 aliphatic carbocycles. The fraction of sp³-hybridized carbons (Fsp3) is 0.533. The van der Waals surface area contributed by atoms with Gasteiger partial charge in [-0.2, -0.15) is 0 Å². The molecule has 1 fully saturated rings. The van der Waals surface area contributed by atoms with Crippen molar-refractivity contribution < 1.29 is 14.6 Å². The standard InChI is InChI=1S/C15H21NO3/c1-3-15(14(18)19-2,16-10-11-4-5-11)12-6-8-13(17)9-7-12/h6-9,11,16-17H,3-5,10H2,1-2H3. The number of phenolic OH excluding ortho intramolecular Hbond substituents is 1. The smallest absolute Gasteiger partial charge is 0.330 e. The summed E-state index contributed by atoms with van der Waals surface area (Å²) in [5, 5.41) is 12.8. The van der Waals surface area contributed by atoms with Crippen molar-refractivity contribution >= 4 is 5.97 Å². The van der Waals surface area contributed by atoms with Gasteiger partial charge in [0.2, 0.25) is 0 Å². The average molecular weight is 263 g/mol. The lowest BCUT2D eigenvalue weighted by Gasteiger charge is -2.31. The Labute approximate surface area is 113 Å². The Morgan fingerprint density at radius 3 is 2.53 bits per heavy atom. The maximum Gasteiger partial charge on any atom is 0.330 e. The summed E-state index contributed by atoms with van der Waals surface area (Å²) in [5.74, 6) is 0.592. The highest BCUT2D eigenvalue weighted by Crippen LogP contribution is 2.32. The molecule has 4 nitrogen and oxygen atoms in total. The lowest BCUT2D eigenvalue weighted by molar-refractivity contribution is -0.149. The Morgan fingerprint density at radius 1 is 1.42 bits per heavy atom. The number of carbonyl (C=O) groups excluding carboxylic acids is 1. The van der Waals surface area contributed by atoms with Gasteiger partial charge < -0.3 is 9.84 Å². The number of hydrogen-bond donors (Lipinski definition) is 2. The van der Waals surface area contributed by atoms with Crippen LogP contribution in [0, 0.1) is 5.92 Å². The van der Waals surface area contributed by atoms with Crippen molar-refractivity contribution in [3.63, 3.8) is 0 Å². The minimum atomic E-state index is -0.814. The van der Waals surface area contributed by atoms with Crippen LogP contribution in [0.1, 0.15) is 31.7 Å². The number of hydrogen-bond acceptors (Lipinski definition) is 4. The van der Waals surface area contributed by atoms with Crippen molar-refractivity contribution in [1.82, 2.24) is 5.32 Å². The molecule has 1 aliphatic rings. The molecule has 1 unspecified atom stereocenters. The van der Waals surface area contributed by atoms with Crippen LogP contribution in [0.4, 0.5) is 0 Å². The van der Waals surface area contributed by atoms with Gasteiger partial charge in [-0.05, 0) is 49.4 Å². The summed E-state index contributed by atoms with van der Waals surface area (Å²) in [6.45, 7) is 2.79. The van der Waals surface area contributed by atoms with Crippen molar-refractivity contribution in [3.05, 3.63) is 29.8 Å². The molecule has 0 heterocycles. The largest absolute Gasteiger partial charge is 0.508 e. The van der Waals surface area contributed by atoms with Crippen molar-refractivity contribution in [1.29, 1.82) is 0 Å². The SMILES string of the molecule is CCC(NCC1CC1)(C(=O)OC)c1ccc(O)cc1. The molecule has 0 saturated heterocycles. The van der Waals surface area contributed by atoms with Gasteiger partial charge in [-0.3, -0.25) is 5.32 Å². The Morgan fingerprint density at radius 2 is 2.05 bits per heavy atom. The zero-order chi connectivity index (χ0) is 13.9. The van der Waals surface area contributed by atoms with Gasteiger partial charge in [0.1, 0.15) is 11.3 Å². The van der Waals surface area contributed by atoms with Crippen LogP contribution in [0.15, 0.2) is 24.3 Å². The van der Waals surface area contributed by atoms with Gasteiger partial charge in [0.25, 0.3) is 0 Å². The summed E-state index contributed by atoms with van der Waals surface area (Å²) < 4.78 is 4.98. The quantitative estimate of drug-likeness (QED) is 0.772. The Hall–Kier alpha value is -1.55. The lowest BCUT2D eigenvalue weighted by Crippen LogP contribution is -2.50. The van der Waals surface area contributed by atoms with Crippen molar-refractivity contribution in [2.45, 2.75) is 31.7 Å². The Kier molecular flexibility index (Phi) is 4.10. The van der Waals surface area contributed by atoms with E-state index < -0.39 is 5.54 Å². The van der Waals surface area contributed by atoms with E-state index in [4.69, 9.17) is 4.74 Å². The summed E-state index contributed by atoms with van der Waals surface area (Å²) in [6.07, 6.45) is 3.06. The van der Waals surface area contributed by atoms with Crippen LogP contribution in [0.5, 0.6) is 5.75 Å². The first kappa shape index (κ1) is 13.9. The summed E-state index contributed by atoms with van der Waals surface area (Å²) in [6, 6.07) is 6.74. The molecule has 2 N–H and O–H groups in total. The zero-order valence-electron chi connectivity index (χ0n) is 11.5. The minimum absolute atomic E-state index is 0.195. The van der Waals surface area contributed by atoms with Crippen LogP contribution >= 0.6 is 0 Å². The number of methoxy groups -OCH3 is 1. The van der Waals surface area contributed by atoms with E-state index in [1.807, 2.05) is 6.92 Å². The zero-order valence-corrected chi connectivity index (χ0v) is 11.5. The third kappa shape index (κ3) is 2.89. The normalized spacial score (nSPS) is 17.8. The second-order valence-electron chi connectivity index (χ2n) is 5.12. The third-order valence-electron chi connectivity index (χ3n) is 3.81. The average Bonchev–Trinajstić information content (AvgIpc) is 3.25. The van der Waals surface area contributed by atoms with E-state index in [9.17, 15) is 9.90 Å². The van der Waals surface area contributed by atoms with Crippen molar-refractivity contribution in [2.75, 3.05) is 13.7 Å². The molecule has 0 amide bonds. The van der Waals surface area contributed by atoms with Crippen LogP contribution < -0.4 is 5.32 Å². The molecular weight excluding hydrogens is 242 g/mol. The summed E-state index contributed by atoms with van der Waals surface area (Å²) in [7, 11) is 1.41. The summed E-state index contributed by atoms with van der Waals surface area (Å²) >= 11 is 0. The first-order chi connectivity index (χ1) is 9.12. The fourth-order valence-electron chi connectivity index (χ4n) is 2.33. The van der Waals surface area contributed by atoms with Crippen LogP contribution in [-0.4, -0.2) is 24.7 Å². The predicted octanol–water partition coefficient (Wildman–Crippen LogP) is 2.17. The number of carbonyl (C=O) groups is 1. The van der Waals surface area contributed by atoms with Gasteiger partial charge in [0, 0.05) is 0 Å². The van der Waals surface area contributed by atoms with E-state index in [2.05, 4.69) is 5.32 Å². The van der Waals surface area contributed by atoms with Crippen molar-refractivity contribution in [3.8, 4) is 5.75 Å². The van der Waals surface area contributed by atoms with Gasteiger partial charge in [0.05, 0.1) is 7.11 Å². The maximum atomic E-state index is 12.2. The molecule has 104 valence electrons. The molecule has 19 heavy (non-hydrogen) atoms. The van der Waals surface area contributed by atoms with Crippen LogP contribution in [-0.2, 0) is 15.1 Å². The number of phenols is 1. The number of aromatic hydroxyl groups is 1. The highest BCUT2D eigenvalue weighted by Gasteiger charge is 2.40. The third-order valence-corrected chi connectivity index (χ3v) is 3.81. The Bertz CT molecular complexity index is 439. The molecule has 0 radical (unpaired) electrons. The molecule has 1 aromatic rings. The maximum absolute atomic E-state index is 12.2. The second kappa shape index (κ2) is 5.61. The highest BCUT2D eigenvalue weighted by molar-refractivity contribution is 5.82. The van der Waals surface area contributed by atoms with Gasteiger partial charge in [-0.25, -0.2) is 4.79 Å². The molecule has 1 atom stereocenters. The lowest BCUT2D eigenvalue weighted by atomic mass is 9.87. The number of esters is 1. The first-order valence-electron chi connectivity index (χ1n) is 6.75. The first-order valence-corrected chi connectivity index (χ1v) is 6.75. The van der Waals surface area contributed by atoms with Gasteiger partial charge in [0.15, 0.2) is 0 Å². The molecule has 0 aromatic heterocycles. The van der Waals surface area contributed by atoms with E-state index in [1.54, 1.807) is 24.3 Å². The van der Waals surface area contributed by atoms with E-state index >= 15 is 0 Å².